The highest BCUT2D eigenvalue weighted by atomic mass is 32.1. The Morgan fingerprint density at radius 1 is 1.18 bits per heavy atom. The maximum atomic E-state index is 14.2. The summed E-state index contributed by atoms with van der Waals surface area (Å²) < 4.78 is 14.2. The summed E-state index contributed by atoms with van der Waals surface area (Å²) in [4.78, 5) is 30.2. The van der Waals surface area contributed by atoms with Crippen molar-refractivity contribution in [2.45, 2.75) is 51.9 Å². The van der Waals surface area contributed by atoms with Crippen molar-refractivity contribution >= 4 is 40.0 Å². The van der Waals surface area contributed by atoms with Crippen LogP contribution in [0, 0.1) is 29.0 Å². The zero-order chi connectivity index (χ0) is 23.0. The van der Waals surface area contributed by atoms with Gasteiger partial charge in [-0.2, -0.15) is 0 Å². The maximum Gasteiger partial charge on any atom is 0.244 e. The topological polar surface area (TPSA) is 62.3 Å². The molecule has 2 amide bonds. The Morgan fingerprint density at radius 3 is 2.48 bits per heavy atom. The molecule has 4 aliphatic carbocycles. The molecular formula is C26H30FN3O2S. The van der Waals surface area contributed by atoms with E-state index in [1.165, 1.54) is 73.8 Å². The van der Waals surface area contributed by atoms with Gasteiger partial charge in [0, 0.05) is 24.9 Å². The predicted molar refractivity (Wildman–Crippen MR) is 129 cm³/mol. The number of anilines is 2. The Balaban J connectivity index is 1.17. The SMILES string of the molecule is CC(=O)N(c1nc(/C=C/C(=O)NCCC23CC4CC(CC(C4)C2)C3)cs1)c1ccccc1F. The lowest BCUT2D eigenvalue weighted by molar-refractivity contribution is -0.117. The van der Waals surface area contributed by atoms with E-state index < -0.39 is 5.82 Å². The molecule has 2 aromatic rings. The molecule has 6 rings (SSSR count). The smallest absolute Gasteiger partial charge is 0.244 e. The molecule has 4 aliphatic rings. The van der Waals surface area contributed by atoms with Gasteiger partial charge in [0.2, 0.25) is 11.8 Å². The van der Waals surface area contributed by atoms with Gasteiger partial charge in [-0.3, -0.25) is 14.5 Å². The fourth-order valence-electron chi connectivity index (χ4n) is 6.76. The van der Waals surface area contributed by atoms with Gasteiger partial charge in [0.15, 0.2) is 5.13 Å². The monoisotopic (exact) mass is 467 g/mol. The Kier molecular flexibility index (Phi) is 6.08. The van der Waals surface area contributed by atoms with E-state index >= 15 is 0 Å². The number of aromatic nitrogens is 1. The molecular weight excluding hydrogens is 437 g/mol. The van der Waals surface area contributed by atoms with Crippen LogP contribution < -0.4 is 10.2 Å². The number of nitrogens with one attached hydrogen (secondary N) is 1. The van der Waals surface area contributed by atoms with E-state index in [-0.39, 0.29) is 17.5 Å². The van der Waals surface area contributed by atoms with Crippen LogP contribution in [0.5, 0.6) is 0 Å². The first-order valence-corrected chi connectivity index (χ1v) is 12.8. The predicted octanol–water partition coefficient (Wildman–Crippen LogP) is 5.70. The first kappa shape index (κ1) is 22.3. The van der Waals surface area contributed by atoms with Gasteiger partial charge in [0.25, 0.3) is 0 Å². The number of nitrogens with zero attached hydrogens (tertiary/aromatic N) is 2. The zero-order valence-corrected chi connectivity index (χ0v) is 19.7. The molecule has 0 atom stereocenters. The van der Waals surface area contributed by atoms with Gasteiger partial charge >= 0.3 is 0 Å². The molecule has 0 radical (unpaired) electrons. The normalized spacial score (nSPS) is 27.8. The standard InChI is InChI=1S/C26H30FN3O2S/c1-17(31)30(23-5-3-2-4-22(23)27)25-29-21(16-33-25)6-7-24(32)28-9-8-26-13-18-10-19(14-26)12-20(11-18)15-26/h2-7,16,18-20H,8-15H2,1H3,(H,28,32)/b7-6+. The molecule has 4 saturated carbocycles. The van der Waals surface area contributed by atoms with E-state index in [2.05, 4.69) is 10.3 Å². The lowest BCUT2D eigenvalue weighted by Crippen LogP contribution is -2.47. The van der Waals surface area contributed by atoms with Gasteiger partial charge in [0.1, 0.15) is 5.82 Å². The second-order valence-electron chi connectivity index (χ2n) is 10.2. The number of hydrogen-bond acceptors (Lipinski definition) is 4. The Bertz CT molecular complexity index is 1040. The first-order chi connectivity index (χ1) is 15.9. The average Bonchev–Trinajstić information content (AvgIpc) is 3.21. The molecule has 1 aromatic heterocycles. The van der Waals surface area contributed by atoms with Crippen LogP contribution in [0.3, 0.4) is 0 Å². The van der Waals surface area contributed by atoms with E-state index in [4.69, 9.17) is 0 Å². The number of hydrogen-bond donors (Lipinski definition) is 1. The van der Waals surface area contributed by atoms with Crippen LogP contribution in [0.15, 0.2) is 35.7 Å². The quantitative estimate of drug-likeness (QED) is 0.531. The fraction of sp³-hybridized carbons (Fsp3) is 0.500. The Labute approximate surface area is 198 Å². The fourth-order valence-corrected chi connectivity index (χ4v) is 7.61. The summed E-state index contributed by atoms with van der Waals surface area (Å²) in [6.45, 7) is 2.09. The van der Waals surface area contributed by atoms with E-state index in [0.29, 0.717) is 22.8 Å². The van der Waals surface area contributed by atoms with Crippen molar-refractivity contribution in [2.75, 3.05) is 11.4 Å². The molecule has 1 aromatic carbocycles. The number of rotatable bonds is 7. The van der Waals surface area contributed by atoms with E-state index in [0.717, 1.165) is 24.2 Å². The van der Waals surface area contributed by atoms with Gasteiger partial charge in [-0.1, -0.05) is 12.1 Å². The maximum absolute atomic E-state index is 14.2. The van der Waals surface area contributed by atoms with Crippen molar-refractivity contribution in [1.82, 2.24) is 10.3 Å². The van der Waals surface area contributed by atoms with Gasteiger partial charge in [0.05, 0.1) is 11.4 Å². The highest BCUT2D eigenvalue weighted by Crippen LogP contribution is 2.61. The molecule has 174 valence electrons. The summed E-state index contributed by atoms with van der Waals surface area (Å²) in [6.07, 6.45) is 12.5. The summed E-state index contributed by atoms with van der Waals surface area (Å²) in [5.74, 6) is 1.82. The minimum atomic E-state index is -0.488. The number of carbonyl (C=O) groups excluding carboxylic acids is 2. The van der Waals surface area contributed by atoms with Crippen molar-refractivity contribution in [3.63, 3.8) is 0 Å². The third-order valence-electron chi connectivity index (χ3n) is 7.63. The average molecular weight is 468 g/mol. The van der Waals surface area contributed by atoms with Crippen molar-refractivity contribution in [1.29, 1.82) is 0 Å². The molecule has 1 N–H and O–H groups in total. The Morgan fingerprint density at radius 2 is 1.85 bits per heavy atom. The van der Waals surface area contributed by atoms with Gasteiger partial charge in [-0.15, -0.1) is 11.3 Å². The molecule has 7 heteroatoms. The van der Waals surface area contributed by atoms with Crippen LogP contribution in [0.2, 0.25) is 0 Å². The summed E-state index contributed by atoms with van der Waals surface area (Å²) in [5, 5.41) is 5.17. The summed E-state index contributed by atoms with van der Waals surface area (Å²) in [5.41, 5.74) is 1.18. The summed E-state index contributed by atoms with van der Waals surface area (Å²) in [7, 11) is 0. The number of amides is 2. The van der Waals surface area contributed by atoms with Crippen LogP contribution in [0.1, 0.15) is 57.6 Å². The minimum absolute atomic E-state index is 0.133. The van der Waals surface area contributed by atoms with Gasteiger partial charge in [-0.25, -0.2) is 9.37 Å². The van der Waals surface area contributed by atoms with Crippen molar-refractivity contribution in [3.8, 4) is 0 Å². The van der Waals surface area contributed by atoms with Crippen molar-refractivity contribution in [3.05, 3.63) is 47.2 Å². The zero-order valence-electron chi connectivity index (χ0n) is 18.9. The van der Waals surface area contributed by atoms with Crippen LogP contribution in [-0.4, -0.2) is 23.3 Å². The second kappa shape index (κ2) is 9.01. The molecule has 33 heavy (non-hydrogen) atoms. The highest BCUT2D eigenvalue weighted by Gasteiger charge is 2.50. The number of thiazole rings is 1. The van der Waals surface area contributed by atoms with Crippen molar-refractivity contribution in [2.24, 2.45) is 23.2 Å². The number of halogens is 1. The molecule has 1 heterocycles. The number of benzene rings is 1. The first-order valence-electron chi connectivity index (χ1n) is 11.9. The summed E-state index contributed by atoms with van der Waals surface area (Å²) in [6, 6.07) is 6.11. The van der Waals surface area contributed by atoms with E-state index in [9.17, 15) is 14.0 Å². The molecule has 0 spiro atoms. The van der Waals surface area contributed by atoms with Crippen LogP contribution >= 0.6 is 11.3 Å². The molecule has 4 bridgehead atoms. The van der Waals surface area contributed by atoms with Gasteiger partial charge in [-0.05, 0) is 86.3 Å². The third-order valence-corrected chi connectivity index (χ3v) is 8.48. The lowest BCUT2D eigenvalue weighted by Gasteiger charge is -2.57. The minimum Gasteiger partial charge on any atom is -0.353 e. The molecule has 0 saturated heterocycles. The van der Waals surface area contributed by atoms with E-state index in [1.54, 1.807) is 29.7 Å². The number of para-hydroxylation sites is 1. The second-order valence-corrected chi connectivity index (χ2v) is 11.0. The van der Waals surface area contributed by atoms with Crippen LogP contribution in [0.4, 0.5) is 15.2 Å². The largest absolute Gasteiger partial charge is 0.353 e. The molecule has 0 unspecified atom stereocenters. The molecule has 5 nitrogen and oxygen atoms in total. The summed E-state index contributed by atoms with van der Waals surface area (Å²) >= 11 is 1.24. The third kappa shape index (κ3) is 4.74. The lowest BCUT2D eigenvalue weighted by atomic mass is 9.49. The Hall–Kier alpha value is -2.54. The van der Waals surface area contributed by atoms with Crippen molar-refractivity contribution < 1.29 is 14.0 Å². The molecule has 4 fully saturated rings. The van der Waals surface area contributed by atoms with Crippen LogP contribution in [-0.2, 0) is 9.59 Å². The number of carbonyl (C=O) groups is 2. The molecule has 0 aliphatic heterocycles. The van der Waals surface area contributed by atoms with Crippen LogP contribution in [0.25, 0.3) is 6.08 Å². The van der Waals surface area contributed by atoms with Gasteiger partial charge < -0.3 is 5.32 Å². The van der Waals surface area contributed by atoms with E-state index in [1.807, 2.05) is 0 Å². The highest BCUT2D eigenvalue weighted by molar-refractivity contribution is 7.14.